The first-order chi connectivity index (χ1) is 10.7. The largest absolute Gasteiger partial charge is 0.507 e. The molecule has 2 N–H and O–H groups in total. The molecule has 4 heteroatoms. The van der Waals surface area contributed by atoms with Gasteiger partial charge in [-0.2, -0.15) is 0 Å². The van der Waals surface area contributed by atoms with Crippen LogP contribution in [0.5, 0.6) is 5.75 Å². The number of methoxy groups -OCH3 is 1. The maximum atomic E-state index is 12.3. The van der Waals surface area contributed by atoms with Gasteiger partial charge in [-0.25, -0.2) is 0 Å². The minimum absolute atomic E-state index is 0.000114. The van der Waals surface area contributed by atoms with Crippen LogP contribution in [0, 0.1) is 0 Å². The first-order valence-electron chi connectivity index (χ1n) is 7.31. The highest BCUT2D eigenvalue weighted by Gasteiger charge is 2.12. The third-order valence-electron chi connectivity index (χ3n) is 3.57. The van der Waals surface area contributed by atoms with E-state index in [1.54, 1.807) is 19.2 Å². The first kappa shape index (κ1) is 16.0. The topological polar surface area (TPSA) is 58.6 Å². The van der Waals surface area contributed by atoms with E-state index in [1.165, 1.54) is 0 Å². The van der Waals surface area contributed by atoms with Gasteiger partial charge in [0, 0.05) is 13.7 Å². The zero-order chi connectivity index (χ0) is 15.9. The molecule has 2 aromatic carbocycles. The Morgan fingerprint density at radius 1 is 1.18 bits per heavy atom. The molecule has 0 bridgehead atoms. The van der Waals surface area contributed by atoms with Crippen LogP contribution in [-0.2, 0) is 24.3 Å². The molecule has 0 saturated carbocycles. The SMILES string of the molecule is CCc1ccc(O)c(C(=O)NCc2ccccc2COC)c1. The summed E-state index contributed by atoms with van der Waals surface area (Å²) in [6.07, 6.45) is 0.817. The number of ether oxygens (including phenoxy) is 1. The number of phenols is 1. The van der Waals surface area contributed by atoms with Crippen LogP contribution in [0.2, 0.25) is 0 Å². The number of amides is 1. The van der Waals surface area contributed by atoms with E-state index in [4.69, 9.17) is 4.74 Å². The molecule has 0 aliphatic rings. The summed E-state index contributed by atoms with van der Waals surface area (Å²) >= 11 is 0. The monoisotopic (exact) mass is 299 g/mol. The Morgan fingerprint density at radius 2 is 1.91 bits per heavy atom. The standard InChI is InChI=1S/C18H21NO3/c1-3-13-8-9-17(20)16(10-13)18(21)19-11-14-6-4-5-7-15(14)12-22-2/h4-10,20H,3,11-12H2,1-2H3,(H,19,21). The molecule has 116 valence electrons. The van der Waals surface area contributed by atoms with Crippen molar-refractivity contribution in [2.75, 3.05) is 7.11 Å². The van der Waals surface area contributed by atoms with Crippen molar-refractivity contribution in [3.63, 3.8) is 0 Å². The van der Waals surface area contributed by atoms with Gasteiger partial charge in [0.05, 0.1) is 12.2 Å². The maximum absolute atomic E-state index is 12.3. The molecular formula is C18H21NO3. The highest BCUT2D eigenvalue weighted by molar-refractivity contribution is 5.96. The molecule has 22 heavy (non-hydrogen) atoms. The van der Waals surface area contributed by atoms with Crippen LogP contribution in [0.3, 0.4) is 0 Å². The van der Waals surface area contributed by atoms with Crippen LogP contribution >= 0.6 is 0 Å². The molecule has 0 aliphatic carbocycles. The van der Waals surface area contributed by atoms with Gasteiger partial charge in [-0.05, 0) is 35.2 Å². The van der Waals surface area contributed by atoms with Gasteiger partial charge in [0.1, 0.15) is 5.75 Å². The Balaban J connectivity index is 2.10. The van der Waals surface area contributed by atoms with Crippen molar-refractivity contribution in [1.29, 1.82) is 0 Å². The summed E-state index contributed by atoms with van der Waals surface area (Å²) < 4.78 is 5.16. The molecule has 0 atom stereocenters. The van der Waals surface area contributed by atoms with Gasteiger partial charge in [-0.3, -0.25) is 4.79 Å². The van der Waals surface area contributed by atoms with Crippen molar-refractivity contribution in [3.05, 3.63) is 64.7 Å². The van der Waals surface area contributed by atoms with E-state index < -0.39 is 0 Å². The number of hydrogen-bond donors (Lipinski definition) is 2. The fourth-order valence-corrected chi connectivity index (χ4v) is 2.28. The van der Waals surface area contributed by atoms with Crippen molar-refractivity contribution in [2.45, 2.75) is 26.5 Å². The number of rotatable bonds is 6. The third-order valence-corrected chi connectivity index (χ3v) is 3.57. The minimum Gasteiger partial charge on any atom is -0.507 e. The van der Waals surface area contributed by atoms with E-state index in [0.29, 0.717) is 18.7 Å². The van der Waals surface area contributed by atoms with Crippen LogP contribution in [0.15, 0.2) is 42.5 Å². The summed E-state index contributed by atoms with van der Waals surface area (Å²) in [4.78, 5) is 12.3. The summed E-state index contributed by atoms with van der Waals surface area (Å²) in [5.74, 6) is -0.278. The van der Waals surface area contributed by atoms with Gasteiger partial charge in [0.2, 0.25) is 0 Å². The maximum Gasteiger partial charge on any atom is 0.255 e. The number of aromatic hydroxyl groups is 1. The molecule has 0 spiro atoms. The van der Waals surface area contributed by atoms with Crippen LogP contribution < -0.4 is 5.32 Å². The third kappa shape index (κ3) is 3.86. The minimum atomic E-state index is -0.278. The van der Waals surface area contributed by atoms with E-state index in [0.717, 1.165) is 23.1 Å². The Hall–Kier alpha value is -2.33. The van der Waals surface area contributed by atoms with Gasteiger partial charge >= 0.3 is 0 Å². The molecule has 0 aliphatic heterocycles. The molecule has 4 nitrogen and oxygen atoms in total. The lowest BCUT2D eigenvalue weighted by Gasteiger charge is -2.11. The van der Waals surface area contributed by atoms with Gasteiger partial charge in [-0.15, -0.1) is 0 Å². The molecule has 2 rings (SSSR count). The molecule has 0 saturated heterocycles. The predicted molar refractivity (Wildman–Crippen MR) is 85.8 cm³/mol. The summed E-state index contributed by atoms with van der Waals surface area (Å²) in [5, 5.41) is 12.7. The van der Waals surface area contributed by atoms with E-state index in [-0.39, 0.29) is 11.7 Å². The van der Waals surface area contributed by atoms with E-state index in [2.05, 4.69) is 5.32 Å². The molecule has 0 unspecified atom stereocenters. The zero-order valence-corrected chi connectivity index (χ0v) is 12.9. The Labute approximate surface area is 130 Å². The lowest BCUT2D eigenvalue weighted by atomic mass is 10.1. The smallest absolute Gasteiger partial charge is 0.255 e. The normalized spacial score (nSPS) is 10.5. The lowest BCUT2D eigenvalue weighted by molar-refractivity contribution is 0.0947. The van der Waals surface area contributed by atoms with Crippen LogP contribution in [0.25, 0.3) is 0 Å². The highest BCUT2D eigenvalue weighted by atomic mass is 16.5. The zero-order valence-electron chi connectivity index (χ0n) is 12.9. The fourth-order valence-electron chi connectivity index (χ4n) is 2.28. The van der Waals surface area contributed by atoms with Crippen LogP contribution in [-0.4, -0.2) is 18.1 Å². The van der Waals surface area contributed by atoms with Gasteiger partial charge < -0.3 is 15.2 Å². The molecular weight excluding hydrogens is 278 g/mol. The molecule has 0 fully saturated rings. The molecule has 2 aromatic rings. The van der Waals surface area contributed by atoms with Crippen molar-refractivity contribution in [2.24, 2.45) is 0 Å². The first-order valence-corrected chi connectivity index (χ1v) is 7.31. The quantitative estimate of drug-likeness (QED) is 0.862. The van der Waals surface area contributed by atoms with Crippen molar-refractivity contribution >= 4 is 5.91 Å². The number of carbonyl (C=O) groups excluding carboxylic acids is 1. The Bertz CT molecular complexity index is 653. The van der Waals surface area contributed by atoms with Crippen molar-refractivity contribution in [3.8, 4) is 5.75 Å². The molecule has 0 heterocycles. The van der Waals surface area contributed by atoms with Gasteiger partial charge in [-0.1, -0.05) is 37.3 Å². The summed E-state index contributed by atoms with van der Waals surface area (Å²) in [6, 6.07) is 12.9. The van der Waals surface area contributed by atoms with E-state index in [1.807, 2.05) is 37.3 Å². The molecule has 1 amide bonds. The number of benzene rings is 2. The number of phenolic OH excluding ortho intramolecular Hbond substituents is 1. The average Bonchev–Trinajstić information content (AvgIpc) is 2.54. The van der Waals surface area contributed by atoms with E-state index >= 15 is 0 Å². The summed E-state index contributed by atoms with van der Waals surface area (Å²) in [6.45, 7) is 2.91. The number of carbonyl (C=O) groups is 1. The summed E-state index contributed by atoms with van der Waals surface area (Å²) in [5.41, 5.74) is 3.37. The van der Waals surface area contributed by atoms with Crippen molar-refractivity contribution < 1.29 is 14.6 Å². The second-order valence-corrected chi connectivity index (χ2v) is 5.09. The lowest BCUT2D eigenvalue weighted by Crippen LogP contribution is -2.23. The van der Waals surface area contributed by atoms with E-state index in [9.17, 15) is 9.90 Å². The Morgan fingerprint density at radius 3 is 2.59 bits per heavy atom. The van der Waals surface area contributed by atoms with Gasteiger partial charge in [0.25, 0.3) is 5.91 Å². The molecule has 0 radical (unpaired) electrons. The second-order valence-electron chi connectivity index (χ2n) is 5.09. The fraction of sp³-hybridized carbons (Fsp3) is 0.278. The number of hydrogen-bond acceptors (Lipinski definition) is 3. The molecule has 0 aromatic heterocycles. The van der Waals surface area contributed by atoms with Crippen LogP contribution in [0.4, 0.5) is 0 Å². The van der Waals surface area contributed by atoms with Crippen LogP contribution in [0.1, 0.15) is 34.0 Å². The van der Waals surface area contributed by atoms with Gasteiger partial charge in [0.15, 0.2) is 0 Å². The number of aryl methyl sites for hydroxylation is 1. The highest BCUT2D eigenvalue weighted by Crippen LogP contribution is 2.19. The van der Waals surface area contributed by atoms with Crippen molar-refractivity contribution in [1.82, 2.24) is 5.32 Å². The second kappa shape index (κ2) is 7.61. The number of nitrogens with one attached hydrogen (secondary N) is 1. The summed E-state index contributed by atoms with van der Waals surface area (Å²) in [7, 11) is 1.64. The predicted octanol–water partition coefficient (Wildman–Crippen LogP) is 3.03. The Kier molecular flexibility index (Phi) is 5.55. The average molecular weight is 299 g/mol.